The molecule has 0 spiro atoms. The van der Waals surface area contributed by atoms with E-state index in [-0.39, 0.29) is 0 Å². The fourth-order valence-electron chi connectivity index (χ4n) is 3.32. The smallest absolute Gasteiger partial charge is 0.143 e. The minimum absolute atomic E-state index is 0.671. The van der Waals surface area contributed by atoms with Crippen molar-refractivity contribution < 1.29 is 4.57 Å². The van der Waals surface area contributed by atoms with Crippen LogP contribution in [0, 0.1) is 0 Å². The maximum absolute atomic E-state index is 14.2. The van der Waals surface area contributed by atoms with Crippen molar-refractivity contribution in [3.8, 4) is 0 Å². The van der Waals surface area contributed by atoms with Crippen LogP contribution in [0.5, 0.6) is 0 Å². The van der Waals surface area contributed by atoms with Crippen LogP contribution in [0.4, 0.5) is 0 Å². The first-order valence-electron chi connectivity index (χ1n) is 8.98. The number of hydrogen-bond donors (Lipinski definition) is 0. The Balaban J connectivity index is 1.97. The van der Waals surface area contributed by atoms with Gasteiger partial charge >= 0.3 is 0 Å². The van der Waals surface area contributed by atoms with Gasteiger partial charge < -0.3 is 4.57 Å². The monoisotopic (exact) mass is 376 g/mol. The van der Waals surface area contributed by atoms with Gasteiger partial charge in [0.2, 0.25) is 0 Å². The quantitative estimate of drug-likeness (QED) is 0.431. The Labute approximate surface area is 157 Å². The Bertz CT molecular complexity index is 850. The minimum Gasteiger partial charge on any atom is -0.314 e. The molecule has 1 nitrogen and oxygen atoms in total. The highest BCUT2D eigenvalue weighted by atomic mass is 31.2. The predicted octanol–water partition coefficient (Wildman–Crippen LogP) is 4.71. The molecular formula is C23H25OPSi. The molecule has 3 aromatic carbocycles. The fourth-order valence-corrected chi connectivity index (χ4v) is 10.2. The van der Waals surface area contributed by atoms with Crippen LogP contribution in [-0.4, -0.2) is 14.2 Å². The molecule has 0 fully saturated rings. The van der Waals surface area contributed by atoms with Crippen LogP contribution >= 0.6 is 7.14 Å². The van der Waals surface area contributed by atoms with Gasteiger partial charge in [-0.2, -0.15) is 0 Å². The Morgan fingerprint density at radius 3 is 1.65 bits per heavy atom. The van der Waals surface area contributed by atoms with Gasteiger partial charge in [-0.1, -0.05) is 108 Å². The van der Waals surface area contributed by atoms with E-state index in [1.165, 1.54) is 5.19 Å². The van der Waals surface area contributed by atoms with E-state index < -0.39 is 15.2 Å². The molecular weight excluding hydrogens is 351 g/mol. The molecule has 0 radical (unpaired) electrons. The molecule has 1 unspecified atom stereocenters. The Morgan fingerprint density at radius 1 is 0.808 bits per heavy atom. The average Bonchev–Trinajstić information content (AvgIpc) is 2.73. The average molecular weight is 377 g/mol. The summed E-state index contributed by atoms with van der Waals surface area (Å²) in [5, 5.41) is 3.24. The molecule has 132 valence electrons. The summed E-state index contributed by atoms with van der Waals surface area (Å²) in [6.45, 7) is 6.44. The molecule has 3 heteroatoms. The summed E-state index contributed by atoms with van der Waals surface area (Å²) in [6, 6.07) is 31.4. The molecule has 0 aromatic heterocycles. The summed E-state index contributed by atoms with van der Waals surface area (Å²) in [6.07, 6.45) is 0.671. The first-order valence-corrected chi connectivity index (χ1v) is 13.7. The summed E-state index contributed by atoms with van der Waals surface area (Å²) < 4.78 is 14.2. The SMILES string of the molecule is C=C[Si](C)(CCP(=O)(c1ccccc1)c1ccccc1)c1ccccc1. The van der Waals surface area contributed by atoms with Gasteiger partial charge in [0.25, 0.3) is 0 Å². The third-order valence-electron chi connectivity index (χ3n) is 5.18. The first-order chi connectivity index (χ1) is 12.6. The lowest BCUT2D eigenvalue weighted by Crippen LogP contribution is -2.43. The summed E-state index contributed by atoms with van der Waals surface area (Å²) in [4.78, 5) is 0. The molecule has 0 N–H and O–H groups in total. The topological polar surface area (TPSA) is 17.1 Å². The van der Waals surface area contributed by atoms with E-state index in [0.717, 1.165) is 16.7 Å². The van der Waals surface area contributed by atoms with Gasteiger partial charge in [-0.3, -0.25) is 0 Å². The highest BCUT2D eigenvalue weighted by molar-refractivity contribution is 7.78. The molecule has 0 aliphatic carbocycles. The fraction of sp³-hybridized carbons (Fsp3) is 0.130. The van der Waals surface area contributed by atoms with Crippen molar-refractivity contribution in [2.24, 2.45) is 0 Å². The van der Waals surface area contributed by atoms with Crippen LogP contribution in [0.2, 0.25) is 12.6 Å². The summed E-state index contributed by atoms with van der Waals surface area (Å²) in [7, 11) is -4.55. The maximum atomic E-state index is 14.2. The van der Waals surface area contributed by atoms with Gasteiger partial charge in [0.1, 0.15) is 15.2 Å². The molecule has 3 rings (SSSR count). The van der Waals surface area contributed by atoms with Gasteiger partial charge in [-0.25, -0.2) is 0 Å². The van der Waals surface area contributed by atoms with Crippen molar-refractivity contribution in [1.29, 1.82) is 0 Å². The highest BCUT2D eigenvalue weighted by Gasteiger charge is 2.33. The lowest BCUT2D eigenvalue weighted by atomic mass is 10.4. The van der Waals surface area contributed by atoms with Crippen LogP contribution in [0.1, 0.15) is 0 Å². The second-order valence-corrected chi connectivity index (χ2v) is 14.2. The molecule has 0 amide bonds. The van der Waals surface area contributed by atoms with Crippen molar-refractivity contribution in [1.82, 2.24) is 0 Å². The Hall–Kier alpha value is -2.15. The van der Waals surface area contributed by atoms with Crippen molar-refractivity contribution >= 4 is 31.0 Å². The van der Waals surface area contributed by atoms with Crippen LogP contribution in [0.3, 0.4) is 0 Å². The van der Waals surface area contributed by atoms with Gasteiger partial charge in [-0.15, -0.1) is 6.58 Å². The zero-order chi connectivity index (χ0) is 18.5. The van der Waals surface area contributed by atoms with E-state index in [1.54, 1.807) is 0 Å². The highest BCUT2D eigenvalue weighted by Crippen LogP contribution is 2.45. The van der Waals surface area contributed by atoms with Crippen LogP contribution in [0.15, 0.2) is 103 Å². The molecule has 0 saturated heterocycles. The summed E-state index contributed by atoms with van der Waals surface area (Å²) >= 11 is 0. The molecule has 0 saturated carbocycles. The standard InChI is InChI=1S/C23H25OPSi/c1-3-26(2,23-17-11-6-12-18-23)20-19-25(24,21-13-7-4-8-14-21)22-15-9-5-10-16-22/h3-18H,1,19-20H2,2H3. The van der Waals surface area contributed by atoms with Crippen LogP contribution < -0.4 is 15.8 Å². The lowest BCUT2D eigenvalue weighted by Gasteiger charge is -2.27. The molecule has 26 heavy (non-hydrogen) atoms. The largest absolute Gasteiger partial charge is 0.314 e. The third kappa shape index (κ3) is 3.82. The molecule has 0 aliphatic heterocycles. The first kappa shape index (κ1) is 18.6. The van der Waals surface area contributed by atoms with Crippen molar-refractivity contribution in [3.63, 3.8) is 0 Å². The predicted molar refractivity (Wildman–Crippen MR) is 117 cm³/mol. The van der Waals surface area contributed by atoms with Gasteiger partial charge in [0, 0.05) is 16.8 Å². The molecule has 0 aliphatic rings. The Morgan fingerprint density at radius 2 is 1.23 bits per heavy atom. The molecule has 0 heterocycles. The van der Waals surface area contributed by atoms with Gasteiger partial charge in [0.15, 0.2) is 0 Å². The second-order valence-electron chi connectivity index (χ2n) is 6.87. The molecule has 0 bridgehead atoms. The van der Waals surface area contributed by atoms with E-state index in [4.69, 9.17) is 0 Å². The summed E-state index contributed by atoms with van der Waals surface area (Å²) in [5.41, 5.74) is 2.13. The third-order valence-corrected chi connectivity index (χ3v) is 12.6. The lowest BCUT2D eigenvalue weighted by molar-refractivity contribution is 0.587. The maximum Gasteiger partial charge on any atom is 0.143 e. The van der Waals surface area contributed by atoms with Crippen molar-refractivity contribution in [2.75, 3.05) is 6.16 Å². The van der Waals surface area contributed by atoms with Gasteiger partial charge in [0.05, 0.1) is 0 Å². The van der Waals surface area contributed by atoms with E-state index in [9.17, 15) is 4.57 Å². The van der Waals surface area contributed by atoms with Crippen LogP contribution in [-0.2, 0) is 4.57 Å². The van der Waals surface area contributed by atoms with E-state index in [0.29, 0.717) is 6.16 Å². The second kappa shape index (κ2) is 8.03. The van der Waals surface area contributed by atoms with Gasteiger partial charge in [-0.05, 0) is 6.04 Å². The molecule has 1 atom stereocenters. The van der Waals surface area contributed by atoms with Crippen molar-refractivity contribution in [3.05, 3.63) is 103 Å². The van der Waals surface area contributed by atoms with E-state index >= 15 is 0 Å². The zero-order valence-electron chi connectivity index (χ0n) is 15.2. The van der Waals surface area contributed by atoms with Crippen molar-refractivity contribution in [2.45, 2.75) is 12.6 Å². The normalized spacial score (nSPS) is 13.7. The van der Waals surface area contributed by atoms with E-state index in [2.05, 4.69) is 43.1 Å². The zero-order valence-corrected chi connectivity index (χ0v) is 17.1. The van der Waals surface area contributed by atoms with Crippen LogP contribution in [0.25, 0.3) is 0 Å². The summed E-state index contributed by atoms with van der Waals surface area (Å²) in [5.74, 6) is 0. The minimum atomic E-state index is -2.67. The van der Waals surface area contributed by atoms with E-state index in [1.807, 2.05) is 66.7 Å². The Kier molecular flexibility index (Phi) is 5.76. The molecule has 3 aromatic rings. The number of benzene rings is 3. The number of hydrogen-bond acceptors (Lipinski definition) is 1. The number of rotatable bonds is 7.